The van der Waals surface area contributed by atoms with Crippen molar-refractivity contribution in [3.63, 3.8) is 0 Å². The van der Waals surface area contributed by atoms with Crippen LogP contribution in [-0.2, 0) is 6.42 Å². The molecule has 2 aromatic rings. The van der Waals surface area contributed by atoms with Crippen molar-refractivity contribution in [1.82, 2.24) is 5.32 Å². The van der Waals surface area contributed by atoms with Crippen molar-refractivity contribution < 1.29 is 0 Å². The largest absolute Gasteiger partial charge is 0.387 e. The lowest BCUT2D eigenvalue weighted by Crippen LogP contribution is -2.19. The summed E-state index contributed by atoms with van der Waals surface area (Å²) in [6.45, 7) is 2.92. The molecule has 24 heavy (non-hydrogen) atoms. The molecule has 1 aliphatic rings. The predicted octanol–water partition coefficient (Wildman–Crippen LogP) is 4.25. The molecule has 0 radical (unpaired) electrons. The molecule has 0 aliphatic carbocycles. The van der Waals surface area contributed by atoms with E-state index >= 15 is 0 Å². The molecule has 1 aliphatic heterocycles. The second-order valence-electron chi connectivity index (χ2n) is 5.40. The zero-order valence-corrected chi connectivity index (χ0v) is 14.4. The first-order chi connectivity index (χ1) is 11.8. The van der Waals surface area contributed by atoms with Crippen LogP contribution in [0.2, 0.25) is 0 Å². The molecular formula is C19H20N4S. The summed E-state index contributed by atoms with van der Waals surface area (Å²) in [6.07, 6.45) is 2.83. The van der Waals surface area contributed by atoms with Gasteiger partial charge in [-0.05, 0) is 42.8 Å². The van der Waals surface area contributed by atoms with Gasteiger partial charge in [-0.3, -0.25) is 0 Å². The quantitative estimate of drug-likeness (QED) is 0.829. The zero-order valence-electron chi connectivity index (χ0n) is 13.6. The van der Waals surface area contributed by atoms with Gasteiger partial charge in [-0.1, -0.05) is 48.5 Å². The molecule has 0 unspecified atom stereocenters. The average molecular weight is 336 g/mol. The van der Waals surface area contributed by atoms with Crippen LogP contribution in [-0.4, -0.2) is 16.9 Å². The number of nitrogens with one attached hydrogen (secondary N) is 2. The van der Waals surface area contributed by atoms with E-state index in [1.807, 2.05) is 49.5 Å². The summed E-state index contributed by atoms with van der Waals surface area (Å²) in [7, 11) is 0. The topological polar surface area (TPSA) is 48.8 Å². The van der Waals surface area contributed by atoms with Crippen molar-refractivity contribution in [2.75, 3.05) is 11.9 Å². The lowest BCUT2D eigenvalue weighted by molar-refractivity contribution is 0.785. The van der Waals surface area contributed by atoms with Gasteiger partial charge in [0.2, 0.25) is 0 Å². The molecule has 0 saturated heterocycles. The minimum Gasteiger partial charge on any atom is -0.387 e. The van der Waals surface area contributed by atoms with Crippen molar-refractivity contribution in [3.8, 4) is 0 Å². The number of aliphatic imine (C=N–C) groups is 2. The van der Waals surface area contributed by atoms with Crippen molar-refractivity contribution >= 4 is 27.8 Å². The van der Waals surface area contributed by atoms with Gasteiger partial charge in [0.25, 0.3) is 0 Å². The third kappa shape index (κ3) is 4.99. The maximum atomic E-state index is 4.37. The van der Waals surface area contributed by atoms with E-state index in [0.29, 0.717) is 0 Å². The lowest BCUT2D eigenvalue weighted by atomic mass is 10.1. The monoisotopic (exact) mass is 336 g/mol. The highest BCUT2D eigenvalue weighted by Gasteiger charge is 2.16. The van der Waals surface area contributed by atoms with Crippen molar-refractivity contribution in [1.29, 1.82) is 0 Å². The van der Waals surface area contributed by atoms with Crippen LogP contribution in [0.1, 0.15) is 12.5 Å². The Balaban J connectivity index is 1.43. The number of hydrogen-bond acceptors (Lipinski definition) is 4. The van der Waals surface area contributed by atoms with Crippen LogP contribution >= 0.6 is 11.8 Å². The van der Waals surface area contributed by atoms with Gasteiger partial charge >= 0.3 is 0 Å². The molecule has 2 N–H and O–H groups in total. The van der Waals surface area contributed by atoms with Gasteiger partial charge in [0, 0.05) is 24.1 Å². The molecule has 0 saturated carbocycles. The van der Waals surface area contributed by atoms with Crippen LogP contribution in [0.25, 0.3) is 0 Å². The van der Waals surface area contributed by atoms with Crippen molar-refractivity contribution in [2.24, 2.45) is 9.98 Å². The van der Waals surface area contributed by atoms with Gasteiger partial charge in [0.1, 0.15) is 0 Å². The van der Waals surface area contributed by atoms with Crippen LogP contribution in [0.3, 0.4) is 0 Å². The number of thioether (sulfide) groups is 1. The van der Waals surface area contributed by atoms with E-state index in [9.17, 15) is 0 Å². The fourth-order valence-corrected chi connectivity index (χ4v) is 2.76. The lowest BCUT2D eigenvalue weighted by Gasteiger charge is -2.15. The van der Waals surface area contributed by atoms with Crippen LogP contribution in [0.5, 0.6) is 0 Å². The molecule has 122 valence electrons. The Hall–Kier alpha value is -2.53. The second-order valence-corrected chi connectivity index (χ2v) is 6.35. The van der Waals surface area contributed by atoms with E-state index in [1.165, 1.54) is 5.56 Å². The summed E-state index contributed by atoms with van der Waals surface area (Å²) in [6, 6.07) is 20.5. The number of para-hydroxylation sites is 1. The average Bonchev–Trinajstić information content (AvgIpc) is 2.58. The summed E-state index contributed by atoms with van der Waals surface area (Å²) < 4.78 is 0. The number of rotatable bonds is 6. The molecule has 4 nitrogen and oxygen atoms in total. The van der Waals surface area contributed by atoms with Crippen LogP contribution < -0.4 is 10.6 Å². The summed E-state index contributed by atoms with van der Waals surface area (Å²) in [5, 5.41) is 8.26. The molecular weight excluding hydrogens is 316 g/mol. The first kappa shape index (κ1) is 16.3. The smallest absolute Gasteiger partial charge is 0.197 e. The Morgan fingerprint density at radius 3 is 2.46 bits per heavy atom. The highest BCUT2D eigenvalue weighted by atomic mass is 32.2. The van der Waals surface area contributed by atoms with Gasteiger partial charge in [0.05, 0.1) is 0 Å². The molecule has 0 bridgehead atoms. The molecule has 1 heterocycles. The summed E-state index contributed by atoms with van der Waals surface area (Å²) in [4.78, 5) is 8.74. The summed E-state index contributed by atoms with van der Waals surface area (Å²) in [5.74, 6) is 0. The van der Waals surface area contributed by atoms with Gasteiger partial charge in [0.15, 0.2) is 10.3 Å². The fraction of sp³-hybridized carbons (Fsp3) is 0.158. The Morgan fingerprint density at radius 2 is 1.75 bits per heavy atom. The van der Waals surface area contributed by atoms with E-state index in [1.54, 1.807) is 11.8 Å². The van der Waals surface area contributed by atoms with E-state index < -0.39 is 0 Å². The predicted molar refractivity (Wildman–Crippen MR) is 104 cm³/mol. The highest BCUT2D eigenvalue weighted by molar-refractivity contribution is 8.29. The molecule has 0 fully saturated rings. The Kier molecular flexibility index (Phi) is 5.69. The maximum absolute atomic E-state index is 4.37. The molecule has 0 amide bonds. The number of nitrogens with zero attached hydrogens (tertiary/aromatic N) is 2. The highest BCUT2D eigenvalue weighted by Crippen LogP contribution is 2.22. The normalized spacial score (nSPS) is 15.6. The number of hydrogen-bond donors (Lipinski definition) is 2. The van der Waals surface area contributed by atoms with Gasteiger partial charge < -0.3 is 10.6 Å². The number of anilines is 1. The third-order valence-corrected chi connectivity index (χ3v) is 4.21. The van der Waals surface area contributed by atoms with Crippen molar-refractivity contribution in [2.45, 2.75) is 13.3 Å². The minimum absolute atomic E-state index is 0.776. The van der Waals surface area contributed by atoms with Gasteiger partial charge in [-0.15, -0.1) is 0 Å². The number of amidine groups is 2. The molecule has 3 rings (SSSR count). The molecule has 2 aromatic carbocycles. The molecule has 0 atom stereocenters. The minimum atomic E-state index is 0.776. The first-order valence-electron chi connectivity index (χ1n) is 7.90. The molecule has 0 spiro atoms. The number of allylic oxidation sites excluding steroid dienone is 1. The van der Waals surface area contributed by atoms with E-state index in [0.717, 1.165) is 34.7 Å². The van der Waals surface area contributed by atoms with Crippen LogP contribution in [0, 0.1) is 0 Å². The third-order valence-electron chi connectivity index (χ3n) is 3.44. The molecule has 0 aromatic heterocycles. The Morgan fingerprint density at radius 1 is 1.08 bits per heavy atom. The van der Waals surface area contributed by atoms with Crippen LogP contribution in [0.4, 0.5) is 5.69 Å². The summed E-state index contributed by atoms with van der Waals surface area (Å²) >= 11 is 1.55. The SMILES string of the molecule is C/C(=C/N=C1N=C(Nc2ccccc2)S1)NCCc1ccccc1. The van der Waals surface area contributed by atoms with E-state index in [-0.39, 0.29) is 0 Å². The summed E-state index contributed by atoms with van der Waals surface area (Å²) in [5.41, 5.74) is 3.41. The first-order valence-corrected chi connectivity index (χ1v) is 8.72. The van der Waals surface area contributed by atoms with Crippen molar-refractivity contribution in [3.05, 3.63) is 78.1 Å². The molecule has 5 heteroatoms. The van der Waals surface area contributed by atoms with E-state index in [4.69, 9.17) is 0 Å². The number of benzene rings is 2. The van der Waals surface area contributed by atoms with Crippen LogP contribution in [0.15, 0.2) is 82.5 Å². The fourth-order valence-electron chi connectivity index (χ4n) is 2.18. The van der Waals surface area contributed by atoms with E-state index in [2.05, 4.69) is 44.9 Å². The Bertz CT molecular complexity index is 751. The standard InChI is InChI=1S/C19H20N4S/c1-15(20-13-12-16-8-4-2-5-9-16)14-21-18-23-19(24-18)22-17-10-6-3-7-11-17/h2-11,14,20H,12-13H2,1H3,(H,21,22,23)/b15-14-. The second kappa shape index (κ2) is 8.36. The maximum Gasteiger partial charge on any atom is 0.197 e. The Labute approximate surface area is 146 Å². The zero-order chi connectivity index (χ0) is 16.6. The van der Waals surface area contributed by atoms with Gasteiger partial charge in [-0.25, -0.2) is 4.99 Å². The van der Waals surface area contributed by atoms with Gasteiger partial charge in [-0.2, -0.15) is 4.99 Å².